The summed E-state index contributed by atoms with van der Waals surface area (Å²) in [6.45, 7) is 3.75. The lowest BCUT2D eigenvalue weighted by Gasteiger charge is -2.41. The number of hydrogen-bond acceptors (Lipinski definition) is 11. The Morgan fingerprint density at radius 3 is 1.26 bits per heavy atom. The van der Waals surface area contributed by atoms with Crippen LogP contribution >= 0.6 is 0 Å². The first kappa shape index (κ1) is 70.8. The predicted octanol–water partition coefficient (Wildman–Crippen LogP) is 15.1. The zero-order valence-electron chi connectivity index (χ0n) is 47.3. The molecular formula is C63H106O12S. The molecule has 0 aliphatic carbocycles. The SMILES string of the molecule is CC/C=C\C/C=C\C/C=C\C/C=C\C/C=C\CCCCCCCCCCOCC(COC1OC(CO)C(O)C(OS(=O)(=O)O)C1O)OC(=O)CCCCCCCCCCCCCC/C=C\C/C=C\C/C=C\C/C=C\CC. The van der Waals surface area contributed by atoms with Crippen molar-refractivity contribution in [3.63, 3.8) is 0 Å². The Bertz CT molecular complexity index is 1730. The summed E-state index contributed by atoms with van der Waals surface area (Å²) in [5.41, 5.74) is 0. The molecule has 0 aromatic carbocycles. The number of allylic oxidation sites excluding steroid dienone is 18. The molecule has 0 bridgehead atoms. The molecule has 6 atom stereocenters. The minimum Gasteiger partial charge on any atom is -0.457 e. The Labute approximate surface area is 462 Å². The molecule has 1 aliphatic rings. The fourth-order valence-electron chi connectivity index (χ4n) is 8.52. The van der Waals surface area contributed by atoms with Gasteiger partial charge in [0.05, 0.1) is 19.8 Å². The maximum Gasteiger partial charge on any atom is 0.397 e. The average molecular weight is 1090 g/mol. The van der Waals surface area contributed by atoms with Crippen LogP contribution in [0.5, 0.6) is 0 Å². The fourth-order valence-corrected chi connectivity index (χ4v) is 9.02. The molecule has 0 amide bonds. The van der Waals surface area contributed by atoms with Crippen molar-refractivity contribution < 1.29 is 56.2 Å². The van der Waals surface area contributed by atoms with Gasteiger partial charge in [0, 0.05) is 13.0 Å². The topological polar surface area (TPSA) is 178 Å². The fraction of sp³-hybridized carbons (Fsp3) is 0.698. The van der Waals surface area contributed by atoms with E-state index in [1.165, 1.54) is 83.5 Å². The van der Waals surface area contributed by atoms with Crippen molar-refractivity contribution in [2.24, 2.45) is 0 Å². The normalized spacial score (nSPS) is 19.4. The van der Waals surface area contributed by atoms with E-state index in [4.69, 9.17) is 18.9 Å². The summed E-state index contributed by atoms with van der Waals surface area (Å²) in [4.78, 5) is 13.0. The molecule has 1 saturated heterocycles. The number of aliphatic hydroxyl groups excluding tert-OH is 3. The molecule has 436 valence electrons. The highest BCUT2D eigenvalue weighted by Crippen LogP contribution is 2.26. The standard InChI is InChI=1S/C63H106O12S/c1-3-5-7-9-11-13-15-17-19-21-23-25-27-29-30-32-34-36-38-40-42-44-46-48-50-52-59(65)73-57(56-72-63-61(67)62(75-76(68,69)70)60(66)58(54-64)74-63)55-71-53-51-49-47-45-43-41-39-37-35-33-31-28-26-24-22-20-18-16-14-12-10-8-6-4-2/h5-8,11-14,17-20,23-26,31,33,57-58,60-64,66-67H,3-4,9-10,15-16,21-22,27-30,32,34-56H2,1-2H3,(H,68,69,70)/b7-5-,8-6-,13-11-,14-12-,19-17-,20-18-,25-23-,26-24-,33-31-. The first-order valence-electron chi connectivity index (χ1n) is 29.6. The third-order valence-corrected chi connectivity index (χ3v) is 13.4. The van der Waals surface area contributed by atoms with Crippen molar-refractivity contribution in [3.05, 3.63) is 109 Å². The Morgan fingerprint density at radius 2 is 0.868 bits per heavy atom. The van der Waals surface area contributed by atoms with Crippen LogP contribution in [-0.4, -0.2) is 97.5 Å². The van der Waals surface area contributed by atoms with Gasteiger partial charge in [-0.25, -0.2) is 4.18 Å². The maximum atomic E-state index is 13.0. The second kappa shape index (κ2) is 52.5. The number of hydrogen-bond donors (Lipinski definition) is 4. The number of carbonyl (C=O) groups excluding carboxylic acids is 1. The van der Waals surface area contributed by atoms with Crippen LogP contribution in [0.2, 0.25) is 0 Å². The first-order chi connectivity index (χ1) is 37.1. The second-order valence-electron chi connectivity index (χ2n) is 19.8. The van der Waals surface area contributed by atoms with Gasteiger partial charge in [-0.1, -0.05) is 226 Å². The molecular weight excluding hydrogens is 981 g/mol. The van der Waals surface area contributed by atoms with Crippen molar-refractivity contribution in [1.82, 2.24) is 0 Å². The second-order valence-corrected chi connectivity index (χ2v) is 20.9. The Morgan fingerprint density at radius 1 is 0.500 bits per heavy atom. The average Bonchev–Trinajstić information content (AvgIpc) is 3.40. The molecule has 6 unspecified atom stereocenters. The molecule has 0 aromatic heterocycles. The zero-order chi connectivity index (χ0) is 55.3. The minimum absolute atomic E-state index is 0.0233. The lowest BCUT2D eigenvalue weighted by atomic mass is 9.99. The predicted molar refractivity (Wildman–Crippen MR) is 312 cm³/mol. The molecule has 1 aliphatic heterocycles. The number of unbranched alkanes of at least 4 members (excludes halogenated alkanes) is 20. The monoisotopic (exact) mass is 1090 g/mol. The van der Waals surface area contributed by atoms with E-state index < -0.39 is 59.8 Å². The van der Waals surface area contributed by atoms with E-state index in [1.807, 2.05) is 0 Å². The van der Waals surface area contributed by atoms with Gasteiger partial charge in [-0.2, -0.15) is 8.42 Å². The molecule has 4 N–H and O–H groups in total. The van der Waals surface area contributed by atoms with Crippen LogP contribution in [0.25, 0.3) is 0 Å². The highest BCUT2D eigenvalue weighted by atomic mass is 32.3. The van der Waals surface area contributed by atoms with E-state index in [1.54, 1.807) is 0 Å². The van der Waals surface area contributed by atoms with Gasteiger partial charge in [0.2, 0.25) is 0 Å². The van der Waals surface area contributed by atoms with Crippen molar-refractivity contribution in [2.75, 3.05) is 26.4 Å². The van der Waals surface area contributed by atoms with Crippen molar-refractivity contribution >= 4 is 16.4 Å². The number of rotatable bonds is 51. The minimum atomic E-state index is -5.08. The van der Waals surface area contributed by atoms with E-state index in [0.29, 0.717) is 13.0 Å². The molecule has 12 nitrogen and oxygen atoms in total. The van der Waals surface area contributed by atoms with Crippen LogP contribution in [0, 0.1) is 0 Å². The molecule has 1 heterocycles. The summed E-state index contributed by atoms with van der Waals surface area (Å²) in [7, 11) is -5.08. The number of carbonyl (C=O) groups is 1. The number of ether oxygens (including phenoxy) is 4. The highest BCUT2D eigenvalue weighted by Gasteiger charge is 2.48. The van der Waals surface area contributed by atoms with E-state index >= 15 is 0 Å². The highest BCUT2D eigenvalue weighted by molar-refractivity contribution is 7.80. The van der Waals surface area contributed by atoms with Gasteiger partial charge in [-0.3, -0.25) is 9.35 Å². The van der Waals surface area contributed by atoms with Gasteiger partial charge >= 0.3 is 16.4 Å². The molecule has 0 spiro atoms. The summed E-state index contributed by atoms with van der Waals surface area (Å²) in [5, 5.41) is 30.9. The third-order valence-electron chi connectivity index (χ3n) is 12.9. The first-order valence-corrected chi connectivity index (χ1v) is 31.0. The Hall–Kier alpha value is -3.24. The van der Waals surface area contributed by atoms with Crippen LogP contribution in [0.15, 0.2) is 109 Å². The van der Waals surface area contributed by atoms with Crippen molar-refractivity contribution in [3.8, 4) is 0 Å². The summed E-state index contributed by atoms with van der Waals surface area (Å²) in [5.74, 6) is -0.408. The van der Waals surface area contributed by atoms with Gasteiger partial charge < -0.3 is 34.3 Å². The molecule has 76 heavy (non-hydrogen) atoms. The Kier molecular flexibility index (Phi) is 48.9. The summed E-state index contributed by atoms with van der Waals surface area (Å²) in [6, 6.07) is 0. The lowest BCUT2D eigenvalue weighted by Crippen LogP contribution is -2.60. The van der Waals surface area contributed by atoms with E-state index in [0.717, 1.165) is 109 Å². The maximum absolute atomic E-state index is 13.0. The van der Waals surface area contributed by atoms with Crippen LogP contribution in [0.4, 0.5) is 0 Å². The molecule has 13 heteroatoms. The summed E-state index contributed by atoms with van der Waals surface area (Å²) >= 11 is 0. The summed E-state index contributed by atoms with van der Waals surface area (Å²) in [6.07, 6.45) is 65.5. The van der Waals surface area contributed by atoms with Gasteiger partial charge in [-0.05, 0) is 96.3 Å². The Balaban J connectivity index is 2.30. The van der Waals surface area contributed by atoms with Crippen molar-refractivity contribution in [2.45, 2.75) is 256 Å². The molecule has 0 saturated carbocycles. The van der Waals surface area contributed by atoms with E-state index in [9.17, 15) is 33.1 Å². The molecule has 1 fully saturated rings. The van der Waals surface area contributed by atoms with Crippen molar-refractivity contribution in [1.29, 1.82) is 0 Å². The van der Waals surface area contributed by atoms with Gasteiger partial charge in [-0.15, -0.1) is 0 Å². The van der Waals surface area contributed by atoms with Gasteiger partial charge in [0.25, 0.3) is 0 Å². The van der Waals surface area contributed by atoms with Crippen LogP contribution < -0.4 is 0 Å². The van der Waals surface area contributed by atoms with Gasteiger partial charge in [0.1, 0.15) is 30.5 Å². The molecule has 0 radical (unpaired) electrons. The van der Waals surface area contributed by atoms with Crippen LogP contribution in [0.1, 0.15) is 219 Å². The van der Waals surface area contributed by atoms with E-state index in [-0.39, 0.29) is 19.6 Å². The van der Waals surface area contributed by atoms with Crippen LogP contribution in [-0.2, 0) is 38.3 Å². The lowest BCUT2D eigenvalue weighted by molar-refractivity contribution is -0.301. The number of aliphatic hydroxyl groups is 3. The molecule has 1 rings (SSSR count). The van der Waals surface area contributed by atoms with Crippen LogP contribution in [0.3, 0.4) is 0 Å². The third kappa shape index (κ3) is 44.7. The molecule has 0 aromatic rings. The zero-order valence-corrected chi connectivity index (χ0v) is 48.1. The largest absolute Gasteiger partial charge is 0.457 e. The van der Waals surface area contributed by atoms with Gasteiger partial charge in [0.15, 0.2) is 6.29 Å². The number of esters is 1. The summed E-state index contributed by atoms with van der Waals surface area (Å²) < 4.78 is 59.5. The quantitative estimate of drug-likeness (QED) is 0.0196. The smallest absolute Gasteiger partial charge is 0.397 e. The van der Waals surface area contributed by atoms with E-state index in [2.05, 4.69) is 127 Å².